The zero-order valence-electron chi connectivity index (χ0n) is 55.8. The molecule has 20 heteroatoms. The Bertz CT molecular complexity index is 3180. The molecule has 0 unspecified atom stereocenters. The highest BCUT2D eigenvalue weighted by Crippen LogP contribution is 2.51. The fourth-order valence-electron chi connectivity index (χ4n) is 15.2. The van der Waals surface area contributed by atoms with Gasteiger partial charge in [0.05, 0.1) is 42.5 Å². The lowest BCUT2D eigenvalue weighted by Gasteiger charge is -2.38. The van der Waals surface area contributed by atoms with E-state index in [2.05, 4.69) is 120 Å². The molecule has 0 aromatic carbocycles. The van der Waals surface area contributed by atoms with E-state index in [1.165, 1.54) is 0 Å². The molecule has 0 bridgehead atoms. The maximum absolute atomic E-state index is 14.8. The monoisotopic (exact) mass is 1320 g/mol. The molecule has 0 saturated carbocycles. The number of hydrogen-bond acceptors (Lipinski definition) is 17. The second-order valence-corrected chi connectivity index (χ2v) is 33.7. The molecule has 4 heterocycles. The molecule has 4 aliphatic heterocycles. The molecule has 93 heavy (non-hydrogen) atoms. The van der Waals surface area contributed by atoms with Crippen molar-refractivity contribution in [2.45, 2.75) is 184 Å². The van der Waals surface area contributed by atoms with Crippen molar-refractivity contribution in [3.63, 3.8) is 0 Å². The molecule has 0 spiro atoms. The van der Waals surface area contributed by atoms with E-state index in [0.717, 1.165) is 174 Å². The molecule has 0 radical (unpaired) electrons. The third-order valence-corrected chi connectivity index (χ3v) is 23.3. The Morgan fingerprint density at radius 1 is 0.409 bits per heavy atom. The Kier molecular flexibility index (Phi) is 24.1. The van der Waals surface area contributed by atoms with E-state index < -0.39 is 25.9 Å². The van der Waals surface area contributed by atoms with Crippen molar-refractivity contribution in [1.29, 1.82) is 26.3 Å². The summed E-state index contributed by atoms with van der Waals surface area (Å²) in [7, 11) is 0. The van der Waals surface area contributed by atoms with Gasteiger partial charge in [0, 0.05) is 98.2 Å². The summed E-state index contributed by atoms with van der Waals surface area (Å²) in [5, 5.41) is 52.0. The van der Waals surface area contributed by atoms with Gasteiger partial charge in [-0.2, -0.15) is 26.3 Å². The number of hydrogen-bond donors (Lipinski definition) is 0. The third kappa shape index (κ3) is 17.2. The Hall–Kier alpha value is -6.88. The van der Waals surface area contributed by atoms with Crippen LogP contribution in [0.25, 0.3) is 14.5 Å². The highest BCUT2D eigenvalue weighted by molar-refractivity contribution is 8.15. The average molecular weight is 1330 g/mol. The molecule has 0 aromatic rings. The van der Waals surface area contributed by atoms with Crippen LogP contribution in [0.3, 0.4) is 0 Å². The quantitative estimate of drug-likeness (QED) is 0.0629. The van der Waals surface area contributed by atoms with Crippen molar-refractivity contribution in [1.82, 2.24) is 19.6 Å². The Labute approximate surface area is 569 Å². The summed E-state index contributed by atoms with van der Waals surface area (Å²) >= 11 is 3.89. The van der Waals surface area contributed by atoms with Crippen LogP contribution >= 0.6 is 47.0 Å². The van der Waals surface area contributed by atoms with E-state index in [-0.39, 0.29) is 92.9 Å². The maximum Gasteiger partial charge on any atom is 0.244 e. The second kappa shape index (κ2) is 31.1. The van der Waals surface area contributed by atoms with Gasteiger partial charge in [0.15, 0.2) is 5.70 Å². The fourth-order valence-corrected chi connectivity index (χ4v) is 19.3. The van der Waals surface area contributed by atoms with E-state index in [0.29, 0.717) is 96.1 Å². The number of rotatable bonds is 20. The molecular weight excluding hydrogens is 1240 g/mol. The first kappa shape index (κ1) is 72.0. The molecule has 0 N–H and O–H groups in total. The molecular formula is C73H88N12O4S4. The number of nitriles is 5. The lowest BCUT2D eigenvalue weighted by molar-refractivity contribution is -0.108. The number of allylic oxidation sites excluding steroid dienone is 11. The Balaban J connectivity index is 1.17. The van der Waals surface area contributed by atoms with Gasteiger partial charge < -0.3 is 19.6 Å². The predicted molar refractivity (Wildman–Crippen MR) is 370 cm³/mol. The van der Waals surface area contributed by atoms with Crippen LogP contribution in [0.5, 0.6) is 0 Å². The summed E-state index contributed by atoms with van der Waals surface area (Å²) in [5.74, 6) is 0.646. The molecule has 4 aliphatic carbocycles. The molecule has 0 amide bonds. The summed E-state index contributed by atoms with van der Waals surface area (Å²) in [4.78, 5) is 79.6. The lowest BCUT2D eigenvalue weighted by Crippen LogP contribution is -2.30. The van der Waals surface area contributed by atoms with Gasteiger partial charge >= 0.3 is 0 Å². The van der Waals surface area contributed by atoms with E-state index in [1.807, 2.05) is 0 Å². The minimum atomic E-state index is -0.871. The van der Waals surface area contributed by atoms with Gasteiger partial charge in [-0.05, 0) is 178 Å². The van der Waals surface area contributed by atoms with Crippen molar-refractivity contribution in [3.05, 3.63) is 124 Å². The first-order valence-electron chi connectivity index (χ1n) is 33.0. The van der Waals surface area contributed by atoms with Gasteiger partial charge in [-0.25, -0.2) is 14.5 Å². The maximum atomic E-state index is 14.8. The smallest absolute Gasteiger partial charge is 0.244 e. The normalized spacial score (nSPS) is 23.2. The lowest BCUT2D eigenvalue weighted by atomic mass is 9.72. The van der Waals surface area contributed by atoms with Gasteiger partial charge in [0.2, 0.25) is 31.9 Å². The van der Waals surface area contributed by atoms with Crippen LogP contribution in [-0.4, -0.2) is 115 Å². The van der Waals surface area contributed by atoms with E-state index in [1.54, 1.807) is 0 Å². The number of likely N-dealkylation sites (tertiary alicyclic amines) is 4. The van der Waals surface area contributed by atoms with E-state index in [4.69, 9.17) is 19.7 Å². The van der Waals surface area contributed by atoms with Crippen LogP contribution in [0.15, 0.2) is 90.0 Å². The number of carbonyl (C=O) groups is 4. The zero-order valence-corrected chi connectivity index (χ0v) is 59.0. The van der Waals surface area contributed by atoms with E-state index >= 15 is 0 Å². The molecule has 488 valence electrons. The van der Waals surface area contributed by atoms with Gasteiger partial charge in [-0.15, -0.1) is 0 Å². The van der Waals surface area contributed by atoms with Crippen LogP contribution in [0.4, 0.5) is 0 Å². The SMILES string of the molecule is [C-]#[N+]C1=C(N2CCCC2)CC(C)(C)C/C1=C(/[N+]#[C-])C(=O)SCCC(CCSC(=O)/C(C#N)=C1\CC(C)(C)CC(N2CCCC2)=C1C#N)(CCSC(=O)/C(C#N)=C1\CC(C)(C)CC(N2CCCC2)=C1C#N)CCSC(=O)/C([N+]#[C-])=C1/CC(C)(C)CC(N2CCCC2)=C1C#N. The highest BCUT2D eigenvalue weighted by atomic mass is 32.2. The van der Waals surface area contributed by atoms with Crippen LogP contribution in [-0.2, 0) is 19.2 Å². The molecule has 16 nitrogen and oxygen atoms in total. The minimum Gasteiger partial charge on any atom is -0.384 e. The van der Waals surface area contributed by atoms with E-state index in [9.17, 15) is 45.5 Å². The summed E-state index contributed by atoms with van der Waals surface area (Å²) < 4.78 is 0. The fraction of sp³-hybridized carbons (Fsp3) is 0.616. The largest absolute Gasteiger partial charge is 0.384 e. The molecule has 4 saturated heterocycles. The van der Waals surface area contributed by atoms with Gasteiger partial charge in [-0.1, -0.05) is 102 Å². The van der Waals surface area contributed by atoms with Crippen molar-refractivity contribution in [3.8, 4) is 30.3 Å². The summed E-state index contributed by atoms with van der Waals surface area (Å²) in [6.45, 7) is 48.4. The molecule has 0 atom stereocenters. The zero-order chi connectivity index (χ0) is 67.5. The standard InChI is InChI=1S/C73H88N12O4S4/c1-69(2)36-49(53(44-74)58(40-69)82-24-12-13-25-82)56(47-77)65(86)90-32-20-73(21-33-91-66(87)57(48-78)50-37-70(3,4)41-59(54(50)45-75)83-26-14-15-27-83,22-34-92-67(88)63(80-10)51-38-71(5,6)42-60(55(51)46-76)84-28-16-17-29-84)23-35-93-68(89)64(81-11)52-39-72(7,8)43-61(62(52)79-9)85-30-18-19-31-85/h12-43H2,1-8H3/b56-49+,57-50+,63-51+,64-52-. The van der Waals surface area contributed by atoms with Gasteiger partial charge in [-0.3, -0.25) is 19.2 Å². The summed E-state index contributed by atoms with van der Waals surface area (Å²) in [6.07, 6.45) is 13.0. The van der Waals surface area contributed by atoms with Gasteiger partial charge in [0.1, 0.15) is 35.4 Å². The van der Waals surface area contributed by atoms with Crippen molar-refractivity contribution in [2.24, 2.45) is 27.1 Å². The van der Waals surface area contributed by atoms with Crippen LogP contribution < -0.4 is 0 Å². The van der Waals surface area contributed by atoms with Crippen molar-refractivity contribution < 1.29 is 19.2 Å². The number of carbonyl (C=O) groups excluding carboxylic acids is 4. The molecule has 0 aromatic heterocycles. The Morgan fingerprint density at radius 3 is 0.978 bits per heavy atom. The molecule has 8 rings (SSSR count). The summed E-state index contributed by atoms with van der Waals surface area (Å²) in [6, 6.07) is 11.6. The second-order valence-electron chi connectivity index (χ2n) is 29.4. The first-order chi connectivity index (χ1) is 44.3. The summed E-state index contributed by atoms with van der Waals surface area (Å²) in [5.41, 5.74) is 4.19. The van der Waals surface area contributed by atoms with Crippen molar-refractivity contribution in [2.75, 3.05) is 75.4 Å². The van der Waals surface area contributed by atoms with Gasteiger partial charge in [0.25, 0.3) is 0 Å². The number of nitrogens with zero attached hydrogens (tertiary/aromatic N) is 12. The average Bonchev–Trinajstić information content (AvgIpc) is 1.65. The topological polar surface area (TPSA) is 213 Å². The Morgan fingerprint density at radius 2 is 0.677 bits per heavy atom. The van der Waals surface area contributed by atoms with Crippen LogP contribution in [0, 0.1) is 103 Å². The minimum absolute atomic E-state index is 0.0766. The van der Waals surface area contributed by atoms with Crippen molar-refractivity contribution >= 4 is 67.5 Å². The third-order valence-electron chi connectivity index (χ3n) is 19.8. The molecule has 8 aliphatic rings. The predicted octanol–water partition coefficient (Wildman–Crippen LogP) is 15.7. The molecule has 4 fully saturated rings. The number of thioether (sulfide) groups is 4. The van der Waals surface area contributed by atoms with Crippen LogP contribution in [0.1, 0.15) is 184 Å². The highest BCUT2D eigenvalue weighted by Gasteiger charge is 2.42. The first-order valence-corrected chi connectivity index (χ1v) is 36.9. The van der Waals surface area contributed by atoms with Crippen LogP contribution in [0.2, 0.25) is 0 Å².